The van der Waals surface area contributed by atoms with Gasteiger partial charge in [0.25, 0.3) is 0 Å². The quantitative estimate of drug-likeness (QED) is 0.653. The predicted octanol–water partition coefficient (Wildman–Crippen LogP) is 3.11. The Morgan fingerprint density at radius 1 is 1.15 bits per heavy atom. The molecule has 0 aliphatic carbocycles. The Morgan fingerprint density at radius 3 is 2.65 bits per heavy atom. The number of para-hydroxylation sites is 1. The van der Waals surface area contributed by atoms with E-state index >= 15 is 0 Å². The van der Waals surface area contributed by atoms with Crippen molar-refractivity contribution >= 4 is 16.9 Å². The SMILES string of the molecule is CN(CCCNc1ncnc2c1cnn2-c1ccccc1)CC(F)(F)F. The fraction of sp³-hybridized carbons (Fsp3) is 0.353. The summed E-state index contributed by atoms with van der Waals surface area (Å²) in [5.74, 6) is 0.621. The van der Waals surface area contributed by atoms with Gasteiger partial charge in [-0.3, -0.25) is 4.90 Å². The lowest BCUT2D eigenvalue weighted by atomic mass is 10.3. The fourth-order valence-electron chi connectivity index (χ4n) is 2.68. The average molecular weight is 364 g/mol. The van der Waals surface area contributed by atoms with Crippen molar-refractivity contribution in [3.05, 3.63) is 42.9 Å². The average Bonchev–Trinajstić information content (AvgIpc) is 3.03. The van der Waals surface area contributed by atoms with Crippen LogP contribution < -0.4 is 5.32 Å². The molecule has 6 nitrogen and oxygen atoms in total. The third-order valence-corrected chi connectivity index (χ3v) is 3.82. The summed E-state index contributed by atoms with van der Waals surface area (Å²) in [4.78, 5) is 9.77. The van der Waals surface area contributed by atoms with Crippen molar-refractivity contribution in [2.75, 3.05) is 32.0 Å². The number of halogens is 3. The number of hydrogen-bond acceptors (Lipinski definition) is 5. The van der Waals surface area contributed by atoms with E-state index in [1.54, 1.807) is 10.9 Å². The van der Waals surface area contributed by atoms with Gasteiger partial charge < -0.3 is 5.32 Å². The number of rotatable bonds is 7. The first-order valence-corrected chi connectivity index (χ1v) is 8.17. The van der Waals surface area contributed by atoms with Crippen molar-refractivity contribution in [1.29, 1.82) is 0 Å². The van der Waals surface area contributed by atoms with Crippen LogP contribution in [-0.4, -0.2) is 57.5 Å². The molecule has 9 heteroatoms. The zero-order chi connectivity index (χ0) is 18.6. The highest BCUT2D eigenvalue weighted by molar-refractivity contribution is 5.87. The number of benzene rings is 1. The first kappa shape index (κ1) is 18.1. The summed E-state index contributed by atoms with van der Waals surface area (Å²) in [6.07, 6.45) is -0.486. The van der Waals surface area contributed by atoms with Crippen LogP contribution in [0.15, 0.2) is 42.9 Å². The van der Waals surface area contributed by atoms with Gasteiger partial charge in [0, 0.05) is 6.54 Å². The fourth-order valence-corrected chi connectivity index (χ4v) is 2.68. The summed E-state index contributed by atoms with van der Waals surface area (Å²) < 4.78 is 38.7. The monoisotopic (exact) mass is 364 g/mol. The molecule has 0 aliphatic heterocycles. The Hall–Kier alpha value is -2.68. The van der Waals surface area contributed by atoms with Crippen molar-refractivity contribution in [2.45, 2.75) is 12.6 Å². The lowest BCUT2D eigenvalue weighted by Gasteiger charge is -2.18. The molecule has 0 saturated carbocycles. The Morgan fingerprint density at radius 2 is 1.92 bits per heavy atom. The van der Waals surface area contributed by atoms with Crippen LogP contribution in [0.4, 0.5) is 19.0 Å². The molecule has 3 rings (SSSR count). The van der Waals surface area contributed by atoms with Crippen LogP contribution in [0.3, 0.4) is 0 Å². The van der Waals surface area contributed by atoms with Gasteiger partial charge in [-0.2, -0.15) is 18.3 Å². The van der Waals surface area contributed by atoms with Gasteiger partial charge in [-0.25, -0.2) is 14.6 Å². The van der Waals surface area contributed by atoms with Crippen molar-refractivity contribution in [3.8, 4) is 5.69 Å². The summed E-state index contributed by atoms with van der Waals surface area (Å²) >= 11 is 0. The van der Waals surface area contributed by atoms with Gasteiger partial charge in [0.2, 0.25) is 0 Å². The van der Waals surface area contributed by atoms with Gasteiger partial charge in [-0.15, -0.1) is 0 Å². The minimum absolute atomic E-state index is 0.337. The normalized spacial score (nSPS) is 12.0. The first-order chi connectivity index (χ1) is 12.4. The van der Waals surface area contributed by atoms with Crippen LogP contribution >= 0.6 is 0 Å². The van der Waals surface area contributed by atoms with Crippen molar-refractivity contribution < 1.29 is 13.2 Å². The molecule has 0 aliphatic rings. The standard InChI is InChI=1S/C17H19F3N6/c1-25(11-17(18,19)20)9-5-8-21-15-14-10-24-26(16(14)23-12-22-15)13-6-3-2-4-7-13/h2-4,6-7,10,12H,5,8-9,11H2,1H3,(H,21,22,23). The summed E-state index contributed by atoms with van der Waals surface area (Å²) in [7, 11) is 1.46. The number of anilines is 1. The zero-order valence-electron chi connectivity index (χ0n) is 14.2. The molecule has 0 spiro atoms. The molecule has 0 atom stereocenters. The molecular weight excluding hydrogens is 345 g/mol. The van der Waals surface area contributed by atoms with Gasteiger partial charge in [0.1, 0.15) is 12.1 Å². The maximum atomic E-state index is 12.3. The molecule has 0 fully saturated rings. The van der Waals surface area contributed by atoms with Gasteiger partial charge >= 0.3 is 6.18 Å². The largest absolute Gasteiger partial charge is 0.401 e. The lowest BCUT2D eigenvalue weighted by molar-refractivity contribution is -0.142. The van der Waals surface area contributed by atoms with Crippen molar-refractivity contribution in [2.24, 2.45) is 0 Å². The van der Waals surface area contributed by atoms with Gasteiger partial charge in [-0.1, -0.05) is 18.2 Å². The second kappa shape index (κ2) is 7.69. The maximum absolute atomic E-state index is 12.3. The molecule has 3 aromatic rings. The van der Waals surface area contributed by atoms with Crippen molar-refractivity contribution in [1.82, 2.24) is 24.6 Å². The second-order valence-electron chi connectivity index (χ2n) is 5.98. The van der Waals surface area contributed by atoms with E-state index in [0.29, 0.717) is 31.0 Å². The minimum atomic E-state index is -4.17. The second-order valence-corrected chi connectivity index (χ2v) is 5.98. The molecule has 26 heavy (non-hydrogen) atoms. The number of aromatic nitrogens is 4. The van der Waals surface area contributed by atoms with Crippen LogP contribution in [0.2, 0.25) is 0 Å². The molecule has 2 aromatic heterocycles. The van der Waals surface area contributed by atoms with Gasteiger partial charge in [0.05, 0.1) is 23.8 Å². The van der Waals surface area contributed by atoms with Crippen LogP contribution in [0, 0.1) is 0 Å². The molecule has 0 bridgehead atoms. The van der Waals surface area contributed by atoms with Crippen LogP contribution in [0.25, 0.3) is 16.7 Å². The number of fused-ring (bicyclic) bond motifs is 1. The van der Waals surface area contributed by atoms with Crippen LogP contribution in [-0.2, 0) is 0 Å². The van der Waals surface area contributed by atoms with E-state index < -0.39 is 12.7 Å². The molecule has 2 heterocycles. The van der Waals surface area contributed by atoms with Gasteiger partial charge in [-0.05, 0) is 32.1 Å². The number of nitrogens with one attached hydrogen (secondary N) is 1. The Bertz CT molecular complexity index is 847. The highest BCUT2D eigenvalue weighted by Crippen LogP contribution is 2.21. The third-order valence-electron chi connectivity index (χ3n) is 3.82. The van der Waals surface area contributed by atoms with E-state index in [1.165, 1.54) is 18.3 Å². The van der Waals surface area contributed by atoms with E-state index in [9.17, 15) is 13.2 Å². The Balaban J connectivity index is 1.64. The maximum Gasteiger partial charge on any atom is 0.401 e. The highest BCUT2D eigenvalue weighted by Gasteiger charge is 2.28. The van der Waals surface area contributed by atoms with E-state index in [1.807, 2.05) is 30.3 Å². The lowest BCUT2D eigenvalue weighted by Crippen LogP contribution is -2.32. The number of alkyl halides is 3. The summed E-state index contributed by atoms with van der Waals surface area (Å²) in [5.41, 5.74) is 1.56. The molecule has 1 N–H and O–H groups in total. The summed E-state index contributed by atoms with van der Waals surface area (Å²) in [6, 6.07) is 9.62. The first-order valence-electron chi connectivity index (χ1n) is 8.17. The van der Waals surface area contributed by atoms with Crippen LogP contribution in [0.1, 0.15) is 6.42 Å². The third kappa shape index (κ3) is 4.48. The molecule has 0 amide bonds. The highest BCUT2D eigenvalue weighted by atomic mass is 19.4. The molecule has 1 aromatic carbocycles. The van der Waals surface area contributed by atoms with E-state index in [0.717, 1.165) is 11.1 Å². The number of hydrogen-bond donors (Lipinski definition) is 1. The molecule has 0 saturated heterocycles. The van der Waals surface area contributed by atoms with E-state index in [4.69, 9.17) is 0 Å². The van der Waals surface area contributed by atoms with Gasteiger partial charge in [0.15, 0.2) is 5.65 Å². The molecule has 0 unspecified atom stereocenters. The summed E-state index contributed by atoms with van der Waals surface area (Å²) in [5, 5.41) is 8.29. The molecule has 138 valence electrons. The zero-order valence-corrected chi connectivity index (χ0v) is 14.2. The summed E-state index contributed by atoms with van der Waals surface area (Å²) in [6.45, 7) is -0.0660. The number of nitrogens with zero attached hydrogens (tertiary/aromatic N) is 5. The van der Waals surface area contributed by atoms with E-state index in [-0.39, 0.29) is 0 Å². The predicted molar refractivity (Wildman–Crippen MR) is 93.3 cm³/mol. The van der Waals surface area contributed by atoms with Crippen LogP contribution in [0.5, 0.6) is 0 Å². The topological polar surface area (TPSA) is 58.9 Å². The minimum Gasteiger partial charge on any atom is -0.369 e. The van der Waals surface area contributed by atoms with Crippen molar-refractivity contribution in [3.63, 3.8) is 0 Å². The Kier molecular flexibility index (Phi) is 5.36. The van der Waals surface area contributed by atoms with E-state index in [2.05, 4.69) is 20.4 Å². The Labute approximate surface area is 148 Å². The molecule has 0 radical (unpaired) electrons. The molecular formula is C17H19F3N6. The smallest absolute Gasteiger partial charge is 0.369 e.